The monoisotopic (exact) mass is 352 g/mol. The van der Waals surface area contributed by atoms with Crippen LogP contribution in [0, 0.1) is 0 Å². The smallest absolute Gasteiger partial charge is 0.0207 e. The number of aryl methyl sites for hydroxylation is 2. The quantitative estimate of drug-likeness (QED) is 0.691. The van der Waals surface area contributed by atoms with Crippen molar-refractivity contribution in [3.8, 4) is 0 Å². The van der Waals surface area contributed by atoms with Crippen LogP contribution in [0.15, 0.2) is 57.5 Å². The second-order valence-corrected chi connectivity index (χ2v) is 5.75. The van der Waals surface area contributed by atoms with Crippen molar-refractivity contribution in [1.29, 1.82) is 0 Å². The zero-order chi connectivity index (χ0) is 12.1. The molecule has 0 aromatic heterocycles. The van der Waals surface area contributed by atoms with E-state index in [-0.39, 0.29) is 0 Å². The molecular formula is C15H14Br2. The van der Waals surface area contributed by atoms with Gasteiger partial charge in [-0.25, -0.2) is 0 Å². The van der Waals surface area contributed by atoms with Crippen molar-refractivity contribution in [3.05, 3.63) is 68.6 Å². The first-order valence-electron chi connectivity index (χ1n) is 5.74. The highest BCUT2D eigenvalue weighted by molar-refractivity contribution is 9.10. The van der Waals surface area contributed by atoms with Gasteiger partial charge in [0.25, 0.3) is 0 Å². The fourth-order valence-corrected chi connectivity index (χ4v) is 2.84. The highest BCUT2D eigenvalue weighted by Crippen LogP contribution is 2.21. The van der Waals surface area contributed by atoms with Gasteiger partial charge in [-0.3, -0.25) is 0 Å². The normalized spacial score (nSPS) is 10.5. The van der Waals surface area contributed by atoms with E-state index in [0.717, 1.165) is 12.8 Å². The molecule has 0 unspecified atom stereocenters. The summed E-state index contributed by atoms with van der Waals surface area (Å²) in [5.74, 6) is 0. The van der Waals surface area contributed by atoms with Crippen molar-refractivity contribution in [2.75, 3.05) is 0 Å². The van der Waals surface area contributed by atoms with E-state index < -0.39 is 0 Å². The van der Waals surface area contributed by atoms with Crippen molar-refractivity contribution in [3.63, 3.8) is 0 Å². The zero-order valence-electron chi connectivity index (χ0n) is 9.50. The molecule has 88 valence electrons. The maximum Gasteiger partial charge on any atom is 0.0207 e. The van der Waals surface area contributed by atoms with Crippen LogP contribution < -0.4 is 0 Å². The maximum atomic E-state index is 3.59. The van der Waals surface area contributed by atoms with E-state index in [1.165, 1.54) is 26.5 Å². The van der Waals surface area contributed by atoms with Crippen molar-refractivity contribution < 1.29 is 0 Å². The molecule has 0 heterocycles. The van der Waals surface area contributed by atoms with Gasteiger partial charge in [-0.1, -0.05) is 68.3 Å². The molecule has 0 atom stereocenters. The number of benzene rings is 2. The number of rotatable bonds is 4. The molecule has 17 heavy (non-hydrogen) atoms. The zero-order valence-corrected chi connectivity index (χ0v) is 12.7. The van der Waals surface area contributed by atoms with Crippen LogP contribution in [0.5, 0.6) is 0 Å². The second-order valence-electron chi connectivity index (χ2n) is 4.04. The van der Waals surface area contributed by atoms with Gasteiger partial charge in [-0.15, -0.1) is 0 Å². The van der Waals surface area contributed by atoms with Gasteiger partial charge in [-0.05, 0) is 42.5 Å². The summed E-state index contributed by atoms with van der Waals surface area (Å²) < 4.78 is 2.43. The standard InChI is InChI=1S/C15H14Br2/c16-14-10-3-1-6-12(14)8-5-9-13-7-2-4-11-15(13)17/h1-4,6-7,10-11H,5,8-9H2. The van der Waals surface area contributed by atoms with Crippen LogP contribution in [0.25, 0.3) is 0 Å². The third-order valence-corrected chi connectivity index (χ3v) is 4.36. The lowest BCUT2D eigenvalue weighted by molar-refractivity contribution is 0.815. The summed E-state index contributed by atoms with van der Waals surface area (Å²) in [6.45, 7) is 0. The summed E-state index contributed by atoms with van der Waals surface area (Å²) in [6, 6.07) is 16.9. The molecule has 2 heteroatoms. The van der Waals surface area contributed by atoms with Crippen LogP contribution in [-0.4, -0.2) is 0 Å². The molecule has 0 amide bonds. The Labute approximate surface area is 119 Å². The van der Waals surface area contributed by atoms with Crippen LogP contribution in [-0.2, 0) is 12.8 Å². The lowest BCUT2D eigenvalue weighted by Crippen LogP contribution is -1.91. The molecule has 0 aliphatic heterocycles. The Morgan fingerprint density at radius 3 is 1.47 bits per heavy atom. The van der Waals surface area contributed by atoms with Crippen LogP contribution >= 0.6 is 31.9 Å². The first-order chi connectivity index (χ1) is 8.27. The molecule has 0 saturated heterocycles. The summed E-state index contributed by atoms with van der Waals surface area (Å²) in [5.41, 5.74) is 2.78. The van der Waals surface area contributed by atoms with Gasteiger partial charge in [0.2, 0.25) is 0 Å². The molecular weight excluding hydrogens is 340 g/mol. The molecule has 0 nitrogen and oxygen atoms in total. The molecule has 0 N–H and O–H groups in total. The summed E-state index contributed by atoms with van der Waals surface area (Å²) >= 11 is 7.18. The van der Waals surface area contributed by atoms with Gasteiger partial charge in [0.15, 0.2) is 0 Å². The lowest BCUT2D eigenvalue weighted by atomic mass is 10.0. The fourth-order valence-electron chi connectivity index (χ4n) is 1.87. The summed E-state index contributed by atoms with van der Waals surface area (Å²) in [6.07, 6.45) is 3.40. The Bertz CT molecular complexity index is 446. The SMILES string of the molecule is Brc1ccccc1CCCc1ccccc1Br. The summed E-state index contributed by atoms with van der Waals surface area (Å²) in [4.78, 5) is 0. The molecule has 2 aromatic carbocycles. The van der Waals surface area contributed by atoms with Gasteiger partial charge < -0.3 is 0 Å². The highest BCUT2D eigenvalue weighted by Gasteiger charge is 2.01. The minimum Gasteiger partial charge on any atom is -0.0619 e. The average Bonchev–Trinajstić information content (AvgIpc) is 2.34. The van der Waals surface area contributed by atoms with Crippen molar-refractivity contribution >= 4 is 31.9 Å². The van der Waals surface area contributed by atoms with Crippen molar-refractivity contribution in [2.45, 2.75) is 19.3 Å². The first-order valence-corrected chi connectivity index (χ1v) is 7.33. The largest absolute Gasteiger partial charge is 0.0619 e. The minimum absolute atomic E-state index is 1.11. The summed E-state index contributed by atoms with van der Waals surface area (Å²) in [5, 5.41) is 0. The van der Waals surface area contributed by atoms with E-state index in [2.05, 4.69) is 80.4 Å². The Hall–Kier alpha value is -0.600. The number of hydrogen-bond acceptors (Lipinski definition) is 0. The molecule has 0 aliphatic rings. The minimum atomic E-state index is 1.11. The number of halogens is 2. The van der Waals surface area contributed by atoms with E-state index in [0.29, 0.717) is 0 Å². The van der Waals surface area contributed by atoms with Crippen molar-refractivity contribution in [2.24, 2.45) is 0 Å². The van der Waals surface area contributed by atoms with Gasteiger partial charge in [0.05, 0.1) is 0 Å². The van der Waals surface area contributed by atoms with E-state index in [4.69, 9.17) is 0 Å². The van der Waals surface area contributed by atoms with E-state index in [1.54, 1.807) is 0 Å². The topological polar surface area (TPSA) is 0 Å². The molecule has 0 fully saturated rings. The first kappa shape index (κ1) is 12.8. The Kier molecular flexibility index (Phi) is 4.81. The predicted octanol–water partition coefficient (Wildman–Crippen LogP) is 5.39. The van der Waals surface area contributed by atoms with Crippen LogP contribution in [0.1, 0.15) is 17.5 Å². The molecule has 0 bridgehead atoms. The Balaban J connectivity index is 1.93. The average molecular weight is 354 g/mol. The van der Waals surface area contributed by atoms with Gasteiger partial charge >= 0.3 is 0 Å². The van der Waals surface area contributed by atoms with Gasteiger partial charge in [-0.2, -0.15) is 0 Å². The fraction of sp³-hybridized carbons (Fsp3) is 0.200. The summed E-state index contributed by atoms with van der Waals surface area (Å²) in [7, 11) is 0. The predicted molar refractivity (Wildman–Crippen MR) is 80.3 cm³/mol. The van der Waals surface area contributed by atoms with Crippen LogP contribution in [0.2, 0.25) is 0 Å². The third kappa shape index (κ3) is 3.68. The van der Waals surface area contributed by atoms with E-state index >= 15 is 0 Å². The van der Waals surface area contributed by atoms with Crippen LogP contribution in [0.4, 0.5) is 0 Å². The van der Waals surface area contributed by atoms with Crippen molar-refractivity contribution in [1.82, 2.24) is 0 Å². The molecule has 0 radical (unpaired) electrons. The molecule has 2 rings (SSSR count). The van der Waals surface area contributed by atoms with E-state index in [1.807, 2.05) is 0 Å². The van der Waals surface area contributed by atoms with Crippen LogP contribution in [0.3, 0.4) is 0 Å². The Morgan fingerprint density at radius 1 is 0.647 bits per heavy atom. The molecule has 2 aromatic rings. The highest BCUT2D eigenvalue weighted by atomic mass is 79.9. The third-order valence-electron chi connectivity index (χ3n) is 2.81. The Morgan fingerprint density at radius 2 is 1.06 bits per heavy atom. The van der Waals surface area contributed by atoms with E-state index in [9.17, 15) is 0 Å². The van der Waals surface area contributed by atoms with Gasteiger partial charge in [0.1, 0.15) is 0 Å². The second kappa shape index (κ2) is 6.36. The lowest BCUT2D eigenvalue weighted by Gasteiger charge is -2.06. The maximum absolute atomic E-state index is 3.59. The molecule has 0 saturated carbocycles. The molecule has 0 aliphatic carbocycles. The van der Waals surface area contributed by atoms with Gasteiger partial charge in [0, 0.05) is 8.95 Å². The molecule has 0 spiro atoms. The number of hydrogen-bond donors (Lipinski definition) is 0.